The molecule has 1 atom stereocenters. The van der Waals surface area contributed by atoms with Gasteiger partial charge in [0.2, 0.25) is 0 Å². The average molecular weight is 237 g/mol. The first-order valence-corrected chi connectivity index (χ1v) is 5.80. The molecule has 0 saturated carbocycles. The summed E-state index contributed by atoms with van der Waals surface area (Å²) in [6, 6.07) is 5.53. The van der Waals surface area contributed by atoms with E-state index in [4.69, 9.17) is 4.74 Å². The van der Waals surface area contributed by atoms with Gasteiger partial charge >= 0.3 is 0 Å². The van der Waals surface area contributed by atoms with E-state index in [1.54, 1.807) is 0 Å². The number of ketones is 1. The summed E-state index contributed by atoms with van der Waals surface area (Å²) in [4.78, 5) is 14.2. The van der Waals surface area contributed by atoms with E-state index in [0.717, 1.165) is 13.1 Å². The van der Waals surface area contributed by atoms with Crippen molar-refractivity contribution in [2.75, 3.05) is 26.3 Å². The Balaban J connectivity index is 2.05. The van der Waals surface area contributed by atoms with E-state index >= 15 is 0 Å². The van der Waals surface area contributed by atoms with Crippen molar-refractivity contribution in [3.63, 3.8) is 0 Å². The summed E-state index contributed by atoms with van der Waals surface area (Å²) in [6.45, 7) is 4.77. The summed E-state index contributed by atoms with van der Waals surface area (Å²) in [7, 11) is 0. The Morgan fingerprint density at radius 1 is 1.29 bits per heavy atom. The molecule has 1 fully saturated rings. The van der Waals surface area contributed by atoms with Crippen LogP contribution in [0.2, 0.25) is 0 Å². The minimum absolute atomic E-state index is 0.0342. The summed E-state index contributed by atoms with van der Waals surface area (Å²) >= 11 is 0. The largest absolute Gasteiger partial charge is 0.379 e. The number of hydrogen-bond donors (Lipinski definition) is 0. The molecule has 0 N–H and O–H groups in total. The smallest absolute Gasteiger partial charge is 0.179 e. The molecule has 1 aromatic carbocycles. The molecule has 0 unspecified atom stereocenters. The van der Waals surface area contributed by atoms with E-state index in [9.17, 15) is 9.18 Å². The van der Waals surface area contributed by atoms with Crippen molar-refractivity contribution in [1.29, 1.82) is 0 Å². The van der Waals surface area contributed by atoms with E-state index in [1.807, 2.05) is 6.92 Å². The molecule has 1 aromatic rings. The van der Waals surface area contributed by atoms with Crippen LogP contribution in [0.15, 0.2) is 24.3 Å². The van der Waals surface area contributed by atoms with Gasteiger partial charge < -0.3 is 4.74 Å². The lowest BCUT2D eigenvalue weighted by molar-refractivity contribution is 0.0208. The highest BCUT2D eigenvalue weighted by Gasteiger charge is 2.23. The van der Waals surface area contributed by atoms with Crippen LogP contribution in [0.5, 0.6) is 0 Å². The van der Waals surface area contributed by atoms with Gasteiger partial charge in [0, 0.05) is 18.7 Å². The maximum atomic E-state index is 12.8. The number of rotatable bonds is 3. The zero-order chi connectivity index (χ0) is 12.3. The molecule has 1 aliphatic rings. The Kier molecular flexibility index (Phi) is 3.86. The Morgan fingerprint density at radius 2 is 1.88 bits per heavy atom. The molecular formula is C13H16FNO2. The maximum absolute atomic E-state index is 12.8. The summed E-state index contributed by atoms with van der Waals surface area (Å²) in [5.41, 5.74) is 0.561. The van der Waals surface area contributed by atoms with Gasteiger partial charge in [-0.3, -0.25) is 9.69 Å². The van der Waals surface area contributed by atoms with Gasteiger partial charge in [-0.25, -0.2) is 4.39 Å². The third-order valence-corrected chi connectivity index (χ3v) is 3.10. The van der Waals surface area contributed by atoms with Crippen molar-refractivity contribution < 1.29 is 13.9 Å². The standard InChI is InChI=1S/C13H16FNO2/c1-10(15-6-8-17-9-7-15)13(16)11-2-4-12(14)5-3-11/h2-5,10H,6-9H2,1H3/t10-/m1/s1. The molecule has 1 aliphatic heterocycles. The lowest BCUT2D eigenvalue weighted by Gasteiger charge is -2.31. The molecule has 17 heavy (non-hydrogen) atoms. The van der Waals surface area contributed by atoms with Crippen LogP contribution in [0.4, 0.5) is 4.39 Å². The SMILES string of the molecule is C[C@H](C(=O)c1ccc(F)cc1)N1CCOCC1. The summed E-state index contributed by atoms with van der Waals surface area (Å²) in [6.07, 6.45) is 0. The third-order valence-electron chi connectivity index (χ3n) is 3.10. The molecule has 1 heterocycles. The van der Waals surface area contributed by atoms with Gasteiger partial charge in [-0.05, 0) is 31.2 Å². The molecule has 0 aliphatic carbocycles. The minimum Gasteiger partial charge on any atom is -0.379 e. The predicted octanol–water partition coefficient (Wildman–Crippen LogP) is 1.73. The van der Waals surface area contributed by atoms with Crippen molar-refractivity contribution in [2.24, 2.45) is 0 Å². The van der Waals surface area contributed by atoms with Gasteiger partial charge in [0.1, 0.15) is 5.82 Å². The Labute approximate surface area is 100 Å². The van der Waals surface area contributed by atoms with Gasteiger partial charge in [0.05, 0.1) is 19.3 Å². The molecular weight excluding hydrogens is 221 g/mol. The molecule has 2 rings (SSSR count). The van der Waals surface area contributed by atoms with Gasteiger partial charge in [-0.15, -0.1) is 0 Å². The number of ether oxygens (including phenoxy) is 1. The maximum Gasteiger partial charge on any atom is 0.179 e. The minimum atomic E-state index is -0.319. The number of Topliss-reactive ketones (excluding diaryl/α,β-unsaturated/α-hetero) is 1. The molecule has 0 bridgehead atoms. The number of hydrogen-bond acceptors (Lipinski definition) is 3. The first kappa shape index (κ1) is 12.2. The van der Waals surface area contributed by atoms with Crippen LogP contribution in [0.25, 0.3) is 0 Å². The second kappa shape index (κ2) is 5.38. The van der Waals surface area contributed by atoms with Crippen LogP contribution in [-0.4, -0.2) is 43.0 Å². The zero-order valence-electron chi connectivity index (χ0n) is 9.86. The van der Waals surface area contributed by atoms with E-state index in [1.165, 1.54) is 24.3 Å². The van der Waals surface area contributed by atoms with E-state index in [2.05, 4.69) is 4.90 Å². The first-order valence-electron chi connectivity index (χ1n) is 5.80. The fourth-order valence-corrected chi connectivity index (χ4v) is 1.99. The highest BCUT2D eigenvalue weighted by atomic mass is 19.1. The predicted molar refractivity (Wildman–Crippen MR) is 62.6 cm³/mol. The first-order chi connectivity index (χ1) is 8.18. The highest BCUT2D eigenvalue weighted by Crippen LogP contribution is 2.11. The second-order valence-corrected chi connectivity index (χ2v) is 4.20. The topological polar surface area (TPSA) is 29.5 Å². The van der Waals surface area contributed by atoms with Crippen LogP contribution in [0.1, 0.15) is 17.3 Å². The molecule has 0 radical (unpaired) electrons. The van der Waals surface area contributed by atoms with E-state index < -0.39 is 0 Å². The molecule has 4 heteroatoms. The van der Waals surface area contributed by atoms with Crippen molar-refractivity contribution in [2.45, 2.75) is 13.0 Å². The van der Waals surface area contributed by atoms with Crippen LogP contribution in [0, 0.1) is 5.82 Å². The average Bonchev–Trinajstić information content (AvgIpc) is 2.39. The van der Waals surface area contributed by atoms with Gasteiger partial charge in [0.15, 0.2) is 5.78 Å². The molecule has 0 amide bonds. The van der Waals surface area contributed by atoms with Crippen molar-refractivity contribution in [3.05, 3.63) is 35.6 Å². The number of benzene rings is 1. The Hall–Kier alpha value is -1.26. The number of morpholine rings is 1. The van der Waals surface area contributed by atoms with Crippen molar-refractivity contribution >= 4 is 5.78 Å². The van der Waals surface area contributed by atoms with E-state index in [0.29, 0.717) is 18.8 Å². The fourth-order valence-electron chi connectivity index (χ4n) is 1.99. The van der Waals surface area contributed by atoms with Crippen LogP contribution in [0.3, 0.4) is 0 Å². The van der Waals surface area contributed by atoms with Crippen molar-refractivity contribution in [3.8, 4) is 0 Å². The van der Waals surface area contributed by atoms with Gasteiger partial charge in [0.25, 0.3) is 0 Å². The normalized spacial score (nSPS) is 18.9. The summed E-state index contributed by atoms with van der Waals surface area (Å²) in [5, 5.41) is 0. The van der Waals surface area contributed by atoms with Crippen LogP contribution >= 0.6 is 0 Å². The van der Waals surface area contributed by atoms with Crippen molar-refractivity contribution in [1.82, 2.24) is 4.90 Å². The summed E-state index contributed by atoms with van der Waals surface area (Å²) < 4.78 is 18.0. The zero-order valence-corrected chi connectivity index (χ0v) is 9.86. The molecule has 92 valence electrons. The van der Waals surface area contributed by atoms with Crippen LogP contribution in [-0.2, 0) is 4.74 Å². The second-order valence-electron chi connectivity index (χ2n) is 4.20. The summed E-state index contributed by atoms with van der Waals surface area (Å²) in [5.74, 6) is -0.285. The molecule has 0 spiro atoms. The Bertz CT molecular complexity index is 385. The van der Waals surface area contributed by atoms with Gasteiger partial charge in [-0.1, -0.05) is 0 Å². The molecule has 0 aromatic heterocycles. The monoisotopic (exact) mass is 237 g/mol. The van der Waals surface area contributed by atoms with Gasteiger partial charge in [-0.2, -0.15) is 0 Å². The lowest BCUT2D eigenvalue weighted by atomic mass is 10.0. The number of carbonyl (C=O) groups excluding carboxylic acids is 1. The van der Waals surface area contributed by atoms with E-state index in [-0.39, 0.29) is 17.6 Å². The number of carbonyl (C=O) groups is 1. The lowest BCUT2D eigenvalue weighted by Crippen LogP contribution is -2.45. The fraction of sp³-hybridized carbons (Fsp3) is 0.462. The molecule has 1 saturated heterocycles. The van der Waals surface area contributed by atoms with Crippen LogP contribution < -0.4 is 0 Å². The third kappa shape index (κ3) is 2.90. The highest BCUT2D eigenvalue weighted by molar-refractivity contribution is 5.99. The number of halogens is 1. The molecule has 3 nitrogen and oxygen atoms in total. The Morgan fingerprint density at radius 3 is 2.47 bits per heavy atom. The number of nitrogens with zero attached hydrogens (tertiary/aromatic N) is 1. The quantitative estimate of drug-likeness (QED) is 0.750.